The van der Waals surface area contributed by atoms with E-state index >= 15 is 0 Å². The van der Waals surface area contributed by atoms with Gasteiger partial charge < -0.3 is 10.1 Å². The Hall–Kier alpha value is -1.39. The van der Waals surface area contributed by atoms with Crippen molar-refractivity contribution in [2.45, 2.75) is 13.0 Å². The summed E-state index contributed by atoms with van der Waals surface area (Å²) >= 11 is 1.70. The second-order valence-electron chi connectivity index (χ2n) is 3.81. The molecule has 90 valence electrons. The molecule has 2 aromatic heterocycles. The van der Waals surface area contributed by atoms with E-state index in [2.05, 4.69) is 17.2 Å². The van der Waals surface area contributed by atoms with Crippen LogP contribution in [0, 0.1) is 6.92 Å². The molecule has 4 heteroatoms. The summed E-state index contributed by atoms with van der Waals surface area (Å²) in [6, 6.07) is 4.16. The summed E-state index contributed by atoms with van der Waals surface area (Å²) in [5.41, 5.74) is 2.42. The number of methoxy groups -OCH3 is 1. The first-order chi connectivity index (χ1) is 8.27. The molecule has 2 aromatic rings. The monoisotopic (exact) mass is 248 g/mol. The molecule has 0 saturated heterocycles. The number of aryl methyl sites for hydroxylation is 1. The van der Waals surface area contributed by atoms with Crippen molar-refractivity contribution in [1.82, 2.24) is 10.3 Å². The van der Waals surface area contributed by atoms with Gasteiger partial charge in [0.25, 0.3) is 0 Å². The van der Waals surface area contributed by atoms with Crippen LogP contribution in [0.5, 0.6) is 5.75 Å². The smallest absolute Gasteiger partial charge is 0.134 e. The average Bonchev–Trinajstić information content (AvgIpc) is 2.81. The molecule has 0 aliphatic carbocycles. The molecule has 0 spiro atoms. The average molecular weight is 248 g/mol. The van der Waals surface area contributed by atoms with Crippen LogP contribution >= 0.6 is 11.3 Å². The zero-order valence-electron chi connectivity index (χ0n) is 10.2. The Morgan fingerprint density at radius 2 is 2.24 bits per heavy atom. The van der Waals surface area contributed by atoms with Crippen molar-refractivity contribution in [3.63, 3.8) is 0 Å². The molecule has 0 aromatic carbocycles. The molecular weight excluding hydrogens is 232 g/mol. The molecule has 0 bridgehead atoms. The zero-order chi connectivity index (χ0) is 12.3. The van der Waals surface area contributed by atoms with Gasteiger partial charge in [0.15, 0.2) is 0 Å². The highest BCUT2D eigenvalue weighted by Crippen LogP contribution is 2.35. The van der Waals surface area contributed by atoms with E-state index in [1.54, 1.807) is 18.4 Å². The topological polar surface area (TPSA) is 34.2 Å². The fourth-order valence-corrected chi connectivity index (χ4v) is 2.88. The van der Waals surface area contributed by atoms with Crippen molar-refractivity contribution < 1.29 is 4.74 Å². The standard InChI is InChI=1S/C13H16N2OS/c1-9-4-6-15-8-10(9)12(14-2)13-11(16-3)5-7-17-13/h4-8,12,14H,1-3H3. The Morgan fingerprint density at radius 3 is 2.88 bits per heavy atom. The SMILES string of the molecule is CNC(c1cnccc1C)c1sccc1OC. The van der Waals surface area contributed by atoms with Gasteiger partial charge in [-0.15, -0.1) is 11.3 Å². The first-order valence-electron chi connectivity index (χ1n) is 5.47. The van der Waals surface area contributed by atoms with Gasteiger partial charge in [-0.1, -0.05) is 0 Å². The predicted molar refractivity (Wildman–Crippen MR) is 70.7 cm³/mol. The van der Waals surface area contributed by atoms with Gasteiger partial charge in [0.05, 0.1) is 18.0 Å². The van der Waals surface area contributed by atoms with Gasteiger partial charge in [-0.25, -0.2) is 0 Å². The summed E-state index contributed by atoms with van der Waals surface area (Å²) in [4.78, 5) is 5.39. The fourth-order valence-electron chi connectivity index (χ4n) is 1.89. The highest BCUT2D eigenvalue weighted by atomic mass is 32.1. The number of nitrogens with zero attached hydrogens (tertiary/aromatic N) is 1. The van der Waals surface area contributed by atoms with Crippen LogP contribution in [0.4, 0.5) is 0 Å². The largest absolute Gasteiger partial charge is 0.496 e. The fraction of sp³-hybridized carbons (Fsp3) is 0.308. The van der Waals surface area contributed by atoms with Crippen molar-refractivity contribution in [2.75, 3.05) is 14.2 Å². The van der Waals surface area contributed by atoms with Crippen LogP contribution in [0.15, 0.2) is 29.9 Å². The lowest BCUT2D eigenvalue weighted by Crippen LogP contribution is -2.18. The minimum atomic E-state index is 0.138. The van der Waals surface area contributed by atoms with Crippen LogP contribution in [-0.4, -0.2) is 19.1 Å². The predicted octanol–water partition coefficient (Wildman–Crippen LogP) is 2.77. The lowest BCUT2D eigenvalue weighted by atomic mass is 10.0. The van der Waals surface area contributed by atoms with Gasteiger partial charge in [0.1, 0.15) is 5.75 Å². The molecule has 1 unspecified atom stereocenters. The number of rotatable bonds is 4. The van der Waals surface area contributed by atoms with Gasteiger partial charge in [-0.05, 0) is 42.6 Å². The summed E-state index contributed by atoms with van der Waals surface area (Å²) in [7, 11) is 3.66. The van der Waals surface area contributed by atoms with Crippen molar-refractivity contribution in [3.8, 4) is 5.75 Å². The first kappa shape index (κ1) is 12.1. The highest BCUT2D eigenvalue weighted by molar-refractivity contribution is 7.10. The van der Waals surface area contributed by atoms with E-state index in [1.807, 2.05) is 37.0 Å². The van der Waals surface area contributed by atoms with Crippen molar-refractivity contribution in [3.05, 3.63) is 45.9 Å². The quantitative estimate of drug-likeness (QED) is 0.903. The van der Waals surface area contributed by atoms with Gasteiger partial charge >= 0.3 is 0 Å². The molecular formula is C13H16N2OS. The molecule has 0 radical (unpaired) electrons. The van der Waals surface area contributed by atoms with Gasteiger partial charge in [0, 0.05) is 12.4 Å². The maximum atomic E-state index is 5.38. The second kappa shape index (κ2) is 5.29. The third-order valence-electron chi connectivity index (χ3n) is 2.82. The molecule has 17 heavy (non-hydrogen) atoms. The number of nitrogens with one attached hydrogen (secondary N) is 1. The zero-order valence-corrected chi connectivity index (χ0v) is 11.0. The van der Waals surface area contributed by atoms with E-state index in [0.29, 0.717) is 0 Å². The van der Waals surface area contributed by atoms with Gasteiger partial charge in [0.2, 0.25) is 0 Å². The molecule has 0 aliphatic heterocycles. The molecule has 2 heterocycles. The van der Waals surface area contributed by atoms with Gasteiger partial charge in [-0.2, -0.15) is 0 Å². The summed E-state index contributed by atoms with van der Waals surface area (Å²) in [6.07, 6.45) is 3.73. The Labute approximate surface area is 105 Å². The summed E-state index contributed by atoms with van der Waals surface area (Å²) < 4.78 is 5.38. The van der Waals surface area contributed by atoms with E-state index in [9.17, 15) is 0 Å². The molecule has 0 fully saturated rings. The Balaban J connectivity index is 2.44. The third-order valence-corrected chi connectivity index (χ3v) is 3.78. The molecule has 0 saturated carbocycles. The summed E-state index contributed by atoms with van der Waals surface area (Å²) in [5, 5.41) is 5.37. The van der Waals surface area contributed by atoms with Crippen LogP contribution in [0.25, 0.3) is 0 Å². The van der Waals surface area contributed by atoms with E-state index < -0.39 is 0 Å². The third kappa shape index (κ3) is 2.33. The molecule has 0 aliphatic rings. The molecule has 1 N–H and O–H groups in total. The summed E-state index contributed by atoms with van der Waals surface area (Å²) in [5.74, 6) is 0.928. The number of aromatic nitrogens is 1. The van der Waals surface area contributed by atoms with Crippen LogP contribution in [0.2, 0.25) is 0 Å². The Morgan fingerprint density at radius 1 is 1.41 bits per heavy atom. The van der Waals surface area contributed by atoms with E-state index in [-0.39, 0.29) is 6.04 Å². The van der Waals surface area contributed by atoms with Crippen LogP contribution < -0.4 is 10.1 Å². The van der Waals surface area contributed by atoms with Crippen molar-refractivity contribution in [1.29, 1.82) is 0 Å². The van der Waals surface area contributed by atoms with E-state index in [1.165, 1.54) is 16.0 Å². The number of pyridine rings is 1. The lowest BCUT2D eigenvalue weighted by Gasteiger charge is -2.18. The second-order valence-corrected chi connectivity index (χ2v) is 4.75. The lowest BCUT2D eigenvalue weighted by molar-refractivity contribution is 0.408. The first-order valence-corrected chi connectivity index (χ1v) is 6.35. The highest BCUT2D eigenvalue weighted by Gasteiger charge is 2.19. The minimum absolute atomic E-state index is 0.138. The maximum absolute atomic E-state index is 5.38. The summed E-state index contributed by atoms with van der Waals surface area (Å²) in [6.45, 7) is 2.10. The Kier molecular flexibility index (Phi) is 3.76. The molecule has 2 rings (SSSR count). The number of hydrogen-bond donors (Lipinski definition) is 1. The Bertz CT molecular complexity index is 496. The maximum Gasteiger partial charge on any atom is 0.134 e. The van der Waals surface area contributed by atoms with Crippen LogP contribution in [0.1, 0.15) is 22.0 Å². The molecule has 3 nitrogen and oxygen atoms in total. The number of ether oxygens (including phenoxy) is 1. The number of thiophene rings is 1. The molecule has 0 amide bonds. The van der Waals surface area contributed by atoms with Crippen molar-refractivity contribution >= 4 is 11.3 Å². The molecule has 1 atom stereocenters. The minimum Gasteiger partial charge on any atom is -0.496 e. The van der Waals surface area contributed by atoms with Crippen LogP contribution in [-0.2, 0) is 0 Å². The van der Waals surface area contributed by atoms with Crippen molar-refractivity contribution in [2.24, 2.45) is 0 Å². The van der Waals surface area contributed by atoms with Gasteiger partial charge in [-0.3, -0.25) is 4.98 Å². The number of hydrogen-bond acceptors (Lipinski definition) is 4. The van der Waals surface area contributed by atoms with Crippen LogP contribution in [0.3, 0.4) is 0 Å². The normalized spacial score (nSPS) is 12.4. The van der Waals surface area contributed by atoms with E-state index in [0.717, 1.165) is 5.75 Å². The van der Waals surface area contributed by atoms with E-state index in [4.69, 9.17) is 4.74 Å².